The number of ether oxygens (including phenoxy) is 2. The summed E-state index contributed by atoms with van der Waals surface area (Å²) in [5.74, 6) is 0.466. The van der Waals surface area contributed by atoms with Crippen LogP contribution in [0.4, 0.5) is 4.39 Å². The van der Waals surface area contributed by atoms with Crippen molar-refractivity contribution in [2.45, 2.75) is 44.2 Å². The Hall–Kier alpha value is -1.13. The van der Waals surface area contributed by atoms with E-state index in [-0.39, 0.29) is 17.5 Å². The summed E-state index contributed by atoms with van der Waals surface area (Å²) in [6, 6.07) is 4.63. The lowest BCUT2D eigenvalue weighted by atomic mass is 9.86. The minimum absolute atomic E-state index is 0.0503. The van der Waals surface area contributed by atoms with Gasteiger partial charge in [-0.15, -0.1) is 0 Å². The highest BCUT2D eigenvalue weighted by Gasteiger charge is 2.43. The smallest absolute Gasteiger partial charge is 0.123 e. The number of hydrogen-bond donors (Lipinski definition) is 1. The van der Waals surface area contributed by atoms with Gasteiger partial charge in [-0.2, -0.15) is 0 Å². The summed E-state index contributed by atoms with van der Waals surface area (Å²) in [5, 5.41) is 3.46. The first-order valence-corrected chi connectivity index (χ1v) is 7.29. The first-order chi connectivity index (χ1) is 9.66. The number of nitrogens with one attached hydrogen (secondary N) is 1. The summed E-state index contributed by atoms with van der Waals surface area (Å²) < 4.78 is 25.0. The Balaban J connectivity index is 2.44. The second-order valence-electron chi connectivity index (χ2n) is 5.35. The molecule has 0 radical (unpaired) electrons. The molecule has 1 unspecified atom stereocenters. The van der Waals surface area contributed by atoms with Crippen molar-refractivity contribution in [1.29, 1.82) is 0 Å². The molecular weight excluding hydrogens is 257 g/mol. The molecule has 1 aromatic carbocycles. The molecule has 1 aromatic rings. The molecule has 1 fully saturated rings. The van der Waals surface area contributed by atoms with Gasteiger partial charge in [0.1, 0.15) is 11.6 Å². The Bertz CT molecular complexity index is 444. The standard InChI is InChI=1S/C16H24FNO2/c1-4-18-15(16(20-3)9-5-6-10-16)13-11-12(17)7-8-14(13)19-2/h7-8,11,15,18H,4-6,9-10H2,1-3H3. The van der Waals surface area contributed by atoms with Crippen molar-refractivity contribution in [2.24, 2.45) is 0 Å². The maximum absolute atomic E-state index is 13.7. The molecule has 0 amide bonds. The number of benzene rings is 1. The average molecular weight is 281 g/mol. The molecule has 20 heavy (non-hydrogen) atoms. The van der Waals surface area contributed by atoms with Crippen LogP contribution < -0.4 is 10.1 Å². The molecule has 1 aliphatic carbocycles. The molecule has 0 spiro atoms. The predicted octanol–water partition coefficient (Wildman–Crippen LogP) is 3.44. The van der Waals surface area contributed by atoms with Gasteiger partial charge in [0, 0.05) is 12.7 Å². The third-order valence-corrected chi connectivity index (χ3v) is 4.29. The second-order valence-corrected chi connectivity index (χ2v) is 5.35. The van der Waals surface area contributed by atoms with E-state index in [1.54, 1.807) is 26.4 Å². The van der Waals surface area contributed by atoms with Gasteiger partial charge in [-0.25, -0.2) is 4.39 Å². The van der Waals surface area contributed by atoms with Crippen molar-refractivity contribution in [3.63, 3.8) is 0 Å². The fourth-order valence-electron chi connectivity index (χ4n) is 3.30. The molecule has 112 valence electrons. The van der Waals surface area contributed by atoms with Crippen molar-refractivity contribution in [1.82, 2.24) is 5.32 Å². The molecule has 0 bridgehead atoms. The summed E-state index contributed by atoms with van der Waals surface area (Å²) in [4.78, 5) is 0. The number of halogens is 1. The van der Waals surface area contributed by atoms with Crippen LogP contribution in [0.1, 0.15) is 44.2 Å². The zero-order valence-electron chi connectivity index (χ0n) is 12.5. The van der Waals surface area contributed by atoms with E-state index in [9.17, 15) is 4.39 Å². The van der Waals surface area contributed by atoms with Gasteiger partial charge in [0.25, 0.3) is 0 Å². The molecule has 1 atom stereocenters. The van der Waals surface area contributed by atoms with Gasteiger partial charge in [-0.3, -0.25) is 0 Å². The Morgan fingerprint density at radius 3 is 2.55 bits per heavy atom. The van der Waals surface area contributed by atoms with Gasteiger partial charge in [-0.05, 0) is 37.6 Å². The zero-order chi connectivity index (χ0) is 14.6. The number of rotatable bonds is 6. The predicted molar refractivity (Wildman–Crippen MR) is 77.6 cm³/mol. The molecule has 4 heteroatoms. The molecular formula is C16H24FNO2. The summed E-state index contributed by atoms with van der Waals surface area (Å²) in [6.07, 6.45) is 4.27. The molecule has 1 aliphatic rings. The van der Waals surface area contributed by atoms with Crippen LogP contribution in [-0.2, 0) is 4.74 Å². The van der Waals surface area contributed by atoms with Gasteiger partial charge in [0.05, 0.1) is 18.8 Å². The quantitative estimate of drug-likeness (QED) is 0.866. The lowest BCUT2D eigenvalue weighted by Crippen LogP contribution is -2.43. The van der Waals surface area contributed by atoms with E-state index in [0.29, 0.717) is 5.75 Å². The fourth-order valence-corrected chi connectivity index (χ4v) is 3.30. The molecule has 1 N–H and O–H groups in total. The van der Waals surface area contributed by atoms with Crippen molar-refractivity contribution in [2.75, 3.05) is 20.8 Å². The third-order valence-electron chi connectivity index (χ3n) is 4.29. The first-order valence-electron chi connectivity index (χ1n) is 7.29. The van der Waals surface area contributed by atoms with Gasteiger partial charge >= 0.3 is 0 Å². The van der Waals surface area contributed by atoms with Crippen LogP contribution in [0.5, 0.6) is 5.75 Å². The van der Waals surface area contributed by atoms with E-state index in [1.165, 1.54) is 6.07 Å². The SMILES string of the molecule is CCNC(c1cc(F)ccc1OC)C1(OC)CCCC1. The highest BCUT2D eigenvalue weighted by Crippen LogP contribution is 2.44. The Morgan fingerprint density at radius 2 is 2.00 bits per heavy atom. The Labute approximate surface area is 120 Å². The molecule has 0 aliphatic heterocycles. The van der Waals surface area contributed by atoms with Crippen molar-refractivity contribution in [3.8, 4) is 5.75 Å². The molecule has 1 saturated carbocycles. The van der Waals surface area contributed by atoms with Crippen LogP contribution in [0.2, 0.25) is 0 Å². The largest absolute Gasteiger partial charge is 0.496 e. The molecule has 0 saturated heterocycles. The van der Waals surface area contributed by atoms with Gasteiger partial charge in [0.2, 0.25) is 0 Å². The normalized spacial score (nSPS) is 19.0. The Morgan fingerprint density at radius 1 is 1.30 bits per heavy atom. The van der Waals surface area contributed by atoms with Gasteiger partial charge in [0.15, 0.2) is 0 Å². The zero-order valence-corrected chi connectivity index (χ0v) is 12.5. The highest BCUT2D eigenvalue weighted by molar-refractivity contribution is 5.38. The van der Waals surface area contributed by atoms with E-state index in [2.05, 4.69) is 12.2 Å². The number of methoxy groups -OCH3 is 2. The highest BCUT2D eigenvalue weighted by atomic mass is 19.1. The van der Waals surface area contributed by atoms with Crippen LogP contribution in [0.15, 0.2) is 18.2 Å². The average Bonchev–Trinajstić information content (AvgIpc) is 2.94. The summed E-state index contributed by atoms with van der Waals surface area (Å²) >= 11 is 0. The van der Waals surface area contributed by atoms with E-state index in [4.69, 9.17) is 9.47 Å². The van der Waals surface area contributed by atoms with Crippen LogP contribution in [-0.4, -0.2) is 26.4 Å². The topological polar surface area (TPSA) is 30.5 Å². The Kier molecular flexibility index (Phi) is 5.00. The van der Waals surface area contributed by atoms with E-state index >= 15 is 0 Å². The van der Waals surface area contributed by atoms with Crippen LogP contribution >= 0.6 is 0 Å². The van der Waals surface area contributed by atoms with Crippen molar-refractivity contribution >= 4 is 0 Å². The van der Waals surface area contributed by atoms with Crippen molar-refractivity contribution < 1.29 is 13.9 Å². The lowest BCUT2D eigenvalue weighted by molar-refractivity contribution is -0.0369. The van der Waals surface area contributed by atoms with Crippen LogP contribution in [0.3, 0.4) is 0 Å². The molecule has 0 heterocycles. The minimum atomic E-state index is -0.267. The summed E-state index contributed by atoms with van der Waals surface area (Å²) in [6.45, 7) is 2.85. The van der Waals surface area contributed by atoms with E-state index in [1.807, 2.05) is 0 Å². The molecule has 0 aromatic heterocycles. The van der Waals surface area contributed by atoms with E-state index in [0.717, 1.165) is 37.8 Å². The van der Waals surface area contributed by atoms with Gasteiger partial charge < -0.3 is 14.8 Å². The third kappa shape index (κ3) is 2.81. The number of hydrogen-bond acceptors (Lipinski definition) is 3. The molecule has 2 rings (SSSR count). The van der Waals surface area contributed by atoms with Gasteiger partial charge in [-0.1, -0.05) is 19.8 Å². The summed E-state index contributed by atoms with van der Waals surface area (Å²) in [7, 11) is 3.37. The lowest BCUT2D eigenvalue weighted by Gasteiger charge is -2.37. The maximum atomic E-state index is 13.7. The van der Waals surface area contributed by atoms with Crippen LogP contribution in [0.25, 0.3) is 0 Å². The fraction of sp³-hybridized carbons (Fsp3) is 0.625. The monoisotopic (exact) mass is 281 g/mol. The minimum Gasteiger partial charge on any atom is -0.496 e. The van der Waals surface area contributed by atoms with Crippen LogP contribution in [0, 0.1) is 5.82 Å². The first kappa shape index (κ1) is 15.3. The number of likely N-dealkylation sites (N-methyl/N-ethyl adjacent to an activating group) is 1. The summed E-state index contributed by atoms with van der Waals surface area (Å²) in [5.41, 5.74) is 0.579. The second kappa shape index (κ2) is 6.55. The molecule has 3 nitrogen and oxygen atoms in total. The van der Waals surface area contributed by atoms with E-state index < -0.39 is 0 Å². The van der Waals surface area contributed by atoms with Crippen molar-refractivity contribution in [3.05, 3.63) is 29.6 Å². The maximum Gasteiger partial charge on any atom is 0.123 e.